The highest BCUT2D eigenvalue weighted by atomic mass is 16.6. The van der Waals surface area contributed by atoms with Crippen molar-refractivity contribution in [3.63, 3.8) is 0 Å². The summed E-state index contributed by atoms with van der Waals surface area (Å²) in [6.45, 7) is 6.28. The fourth-order valence-corrected chi connectivity index (χ4v) is 4.12. The fraction of sp³-hybridized carbons (Fsp3) is 0.545. The minimum Gasteiger partial charge on any atom is -0.449 e. The average molecular weight is 428 g/mol. The Morgan fingerprint density at radius 2 is 2.03 bits per heavy atom. The lowest BCUT2D eigenvalue weighted by molar-refractivity contribution is -0.120. The zero-order chi connectivity index (χ0) is 22.0. The highest BCUT2D eigenvalue weighted by molar-refractivity contribution is 6.07. The van der Waals surface area contributed by atoms with Gasteiger partial charge >= 0.3 is 12.1 Å². The standard InChI is InChI=1S/C22H29N5O4/c1-15(2)14-31-22(30)25-7-3-16(4-8-25)11-17-5-10-27-18(12-17)19(13-23-27)26-9-6-20(28)24-21(26)29/h5,10,12-13,15-16H,3-4,6-9,11,14H2,1-2H3,(H,24,28,29). The zero-order valence-corrected chi connectivity index (χ0v) is 18.0. The molecular formula is C22H29N5O4. The van der Waals surface area contributed by atoms with Crippen molar-refractivity contribution in [3.8, 4) is 0 Å². The third kappa shape index (κ3) is 4.81. The predicted molar refractivity (Wildman–Crippen MR) is 115 cm³/mol. The summed E-state index contributed by atoms with van der Waals surface area (Å²) in [6, 6.07) is 3.70. The number of piperidine rings is 1. The number of anilines is 1. The number of rotatable bonds is 5. The number of fused-ring (bicyclic) bond motifs is 1. The van der Waals surface area contributed by atoms with Crippen LogP contribution >= 0.6 is 0 Å². The number of hydrogen-bond donors (Lipinski definition) is 1. The van der Waals surface area contributed by atoms with E-state index >= 15 is 0 Å². The number of hydrogen-bond acceptors (Lipinski definition) is 5. The molecule has 2 aromatic rings. The summed E-state index contributed by atoms with van der Waals surface area (Å²) in [5, 5.41) is 6.71. The van der Waals surface area contributed by atoms with Crippen molar-refractivity contribution in [2.75, 3.05) is 31.1 Å². The van der Waals surface area contributed by atoms with Gasteiger partial charge in [-0.2, -0.15) is 5.10 Å². The van der Waals surface area contributed by atoms with E-state index < -0.39 is 6.03 Å². The maximum Gasteiger partial charge on any atom is 0.409 e. The van der Waals surface area contributed by atoms with E-state index in [-0.39, 0.29) is 18.4 Å². The van der Waals surface area contributed by atoms with Crippen LogP contribution in [0.3, 0.4) is 0 Å². The summed E-state index contributed by atoms with van der Waals surface area (Å²) >= 11 is 0. The molecule has 0 aromatic carbocycles. The van der Waals surface area contributed by atoms with E-state index in [0.29, 0.717) is 43.8 Å². The molecule has 2 aromatic heterocycles. The minimum atomic E-state index is -0.409. The summed E-state index contributed by atoms with van der Waals surface area (Å²) in [7, 11) is 0. The summed E-state index contributed by atoms with van der Waals surface area (Å²) in [6.07, 6.45) is 6.41. The monoisotopic (exact) mass is 427 g/mol. The van der Waals surface area contributed by atoms with Gasteiger partial charge in [-0.25, -0.2) is 14.1 Å². The Hall–Kier alpha value is -3.10. The van der Waals surface area contributed by atoms with Crippen LogP contribution in [0.5, 0.6) is 0 Å². The van der Waals surface area contributed by atoms with E-state index in [1.807, 2.05) is 26.1 Å². The summed E-state index contributed by atoms with van der Waals surface area (Å²) in [5.41, 5.74) is 2.72. The van der Waals surface area contributed by atoms with E-state index in [2.05, 4.69) is 16.5 Å². The van der Waals surface area contributed by atoms with Crippen molar-refractivity contribution in [1.29, 1.82) is 0 Å². The quantitative estimate of drug-likeness (QED) is 0.792. The molecule has 1 N–H and O–H groups in total. The molecule has 2 aliphatic heterocycles. The van der Waals surface area contributed by atoms with Gasteiger partial charge in [-0.3, -0.25) is 15.0 Å². The Bertz CT molecular complexity index is 977. The number of pyridine rings is 1. The Morgan fingerprint density at radius 1 is 1.26 bits per heavy atom. The van der Waals surface area contributed by atoms with Gasteiger partial charge in [-0.05, 0) is 48.8 Å². The number of imide groups is 1. The molecule has 9 nitrogen and oxygen atoms in total. The smallest absolute Gasteiger partial charge is 0.409 e. The first-order chi connectivity index (χ1) is 14.9. The summed E-state index contributed by atoms with van der Waals surface area (Å²) in [4.78, 5) is 39.2. The number of nitrogens with one attached hydrogen (secondary N) is 1. The van der Waals surface area contributed by atoms with Gasteiger partial charge in [-0.15, -0.1) is 0 Å². The number of carbonyl (C=O) groups excluding carboxylic acids is 3. The number of amides is 4. The zero-order valence-electron chi connectivity index (χ0n) is 18.0. The Labute approximate surface area is 181 Å². The molecule has 0 bridgehead atoms. The van der Waals surface area contributed by atoms with Crippen LogP contribution in [0.2, 0.25) is 0 Å². The van der Waals surface area contributed by atoms with Gasteiger partial charge in [0.1, 0.15) is 0 Å². The van der Waals surface area contributed by atoms with Gasteiger partial charge in [0.15, 0.2) is 0 Å². The highest BCUT2D eigenvalue weighted by Crippen LogP contribution is 2.27. The first-order valence-corrected chi connectivity index (χ1v) is 10.9. The lowest BCUT2D eigenvalue weighted by Gasteiger charge is -2.31. The second-order valence-electron chi connectivity index (χ2n) is 8.75. The molecule has 9 heteroatoms. The topological polar surface area (TPSA) is 96.2 Å². The number of aromatic nitrogens is 2. The van der Waals surface area contributed by atoms with Gasteiger partial charge in [0.2, 0.25) is 5.91 Å². The van der Waals surface area contributed by atoms with E-state index in [4.69, 9.17) is 4.74 Å². The van der Waals surface area contributed by atoms with Crippen LogP contribution in [-0.4, -0.2) is 58.8 Å². The van der Waals surface area contributed by atoms with Crippen LogP contribution in [0.4, 0.5) is 15.3 Å². The van der Waals surface area contributed by atoms with Crippen molar-refractivity contribution in [3.05, 3.63) is 30.1 Å². The van der Waals surface area contributed by atoms with Crippen molar-refractivity contribution >= 4 is 29.2 Å². The van der Waals surface area contributed by atoms with Crippen molar-refractivity contribution in [2.24, 2.45) is 11.8 Å². The van der Waals surface area contributed by atoms with Crippen LogP contribution in [0.15, 0.2) is 24.5 Å². The van der Waals surface area contributed by atoms with Crippen LogP contribution < -0.4 is 10.2 Å². The molecule has 4 rings (SSSR count). The van der Waals surface area contributed by atoms with Crippen LogP contribution in [0, 0.1) is 11.8 Å². The third-order valence-electron chi connectivity index (χ3n) is 5.85. The second kappa shape index (κ2) is 8.95. The molecule has 166 valence electrons. The predicted octanol–water partition coefficient (Wildman–Crippen LogP) is 2.83. The van der Waals surface area contributed by atoms with Crippen LogP contribution in [-0.2, 0) is 16.0 Å². The SMILES string of the molecule is CC(C)COC(=O)N1CCC(Cc2ccn3ncc(N4CCC(=O)NC4=O)c3c2)CC1. The molecule has 2 aliphatic rings. The van der Waals surface area contributed by atoms with Crippen LogP contribution in [0.1, 0.15) is 38.7 Å². The minimum absolute atomic E-state index is 0.212. The van der Waals surface area contributed by atoms with Gasteiger partial charge in [0, 0.05) is 32.3 Å². The Balaban J connectivity index is 1.39. The summed E-state index contributed by atoms with van der Waals surface area (Å²) in [5.74, 6) is 0.568. The second-order valence-corrected chi connectivity index (χ2v) is 8.75. The average Bonchev–Trinajstić information content (AvgIpc) is 3.15. The molecule has 4 amide bonds. The van der Waals surface area contributed by atoms with Crippen molar-refractivity contribution in [2.45, 2.75) is 39.5 Å². The lowest BCUT2D eigenvalue weighted by Crippen LogP contribution is -2.49. The molecule has 31 heavy (non-hydrogen) atoms. The molecule has 2 saturated heterocycles. The largest absolute Gasteiger partial charge is 0.449 e. The fourth-order valence-electron chi connectivity index (χ4n) is 4.12. The maximum absolute atomic E-state index is 12.2. The molecule has 2 fully saturated rings. The molecule has 0 atom stereocenters. The molecule has 0 saturated carbocycles. The number of nitrogens with zero attached hydrogens (tertiary/aromatic N) is 4. The highest BCUT2D eigenvalue weighted by Gasteiger charge is 2.27. The molecule has 0 spiro atoms. The maximum atomic E-state index is 12.2. The Kier molecular flexibility index (Phi) is 6.11. The lowest BCUT2D eigenvalue weighted by atomic mass is 9.90. The van der Waals surface area contributed by atoms with E-state index in [0.717, 1.165) is 24.8 Å². The number of likely N-dealkylation sites (tertiary alicyclic amines) is 1. The van der Waals surface area contributed by atoms with Gasteiger partial charge in [0.25, 0.3) is 0 Å². The van der Waals surface area contributed by atoms with Crippen LogP contribution in [0.25, 0.3) is 5.52 Å². The Morgan fingerprint density at radius 3 is 2.74 bits per heavy atom. The first-order valence-electron chi connectivity index (χ1n) is 10.9. The molecule has 0 radical (unpaired) electrons. The molecule has 0 aliphatic carbocycles. The normalized spacial score (nSPS) is 18.0. The molecule has 4 heterocycles. The van der Waals surface area contributed by atoms with E-state index in [1.165, 1.54) is 5.56 Å². The summed E-state index contributed by atoms with van der Waals surface area (Å²) < 4.78 is 7.09. The first kappa shape index (κ1) is 21.1. The van der Waals surface area contributed by atoms with Gasteiger partial charge in [-0.1, -0.05) is 13.8 Å². The number of ether oxygens (including phenoxy) is 1. The third-order valence-corrected chi connectivity index (χ3v) is 5.85. The van der Waals surface area contributed by atoms with Gasteiger partial charge in [0.05, 0.1) is 24.0 Å². The van der Waals surface area contributed by atoms with E-state index in [1.54, 1.807) is 20.5 Å². The molecule has 0 unspecified atom stereocenters. The van der Waals surface area contributed by atoms with Gasteiger partial charge < -0.3 is 9.64 Å². The van der Waals surface area contributed by atoms with E-state index in [9.17, 15) is 14.4 Å². The van der Waals surface area contributed by atoms with Crippen molar-refractivity contribution in [1.82, 2.24) is 19.8 Å². The number of urea groups is 1. The van der Waals surface area contributed by atoms with Crippen molar-refractivity contribution < 1.29 is 19.1 Å². The number of carbonyl (C=O) groups is 3. The molecular weight excluding hydrogens is 398 g/mol.